The summed E-state index contributed by atoms with van der Waals surface area (Å²) in [5, 5.41) is 6.54. The molecular weight excluding hydrogens is 244 g/mol. The molecule has 2 rings (SSSR count). The standard InChI is InChI=1S/C14H26N2O3/c1-13(2,3)19-12(17)16-14(6-4-7-14)10-15-11-5-8-18-9-11/h11,15H,4-10H2,1-3H3,(H,16,17). The van der Waals surface area contributed by atoms with Gasteiger partial charge < -0.3 is 20.1 Å². The molecule has 19 heavy (non-hydrogen) atoms. The summed E-state index contributed by atoms with van der Waals surface area (Å²) in [7, 11) is 0. The molecule has 0 spiro atoms. The Morgan fingerprint density at radius 3 is 2.63 bits per heavy atom. The number of amides is 1. The first-order valence-corrected chi connectivity index (χ1v) is 7.21. The van der Waals surface area contributed by atoms with E-state index < -0.39 is 5.60 Å². The van der Waals surface area contributed by atoms with Gasteiger partial charge in [-0.2, -0.15) is 0 Å². The highest BCUT2D eigenvalue weighted by atomic mass is 16.6. The van der Waals surface area contributed by atoms with Crippen LogP contribution in [0.4, 0.5) is 4.79 Å². The molecule has 1 saturated carbocycles. The number of ether oxygens (including phenoxy) is 2. The summed E-state index contributed by atoms with van der Waals surface area (Å²) in [4.78, 5) is 11.9. The number of hydrogen-bond donors (Lipinski definition) is 2. The molecule has 2 fully saturated rings. The molecule has 2 aliphatic rings. The summed E-state index contributed by atoms with van der Waals surface area (Å²) >= 11 is 0. The van der Waals surface area contributed by atoms with Gasteiger partial charge in [0.1, 0.15) is 5.60 Å². The molecule has 0 radical (unpaired) electrons. The third-order valence-electron chi connectivity index (χ3n) is 3.74. The fourth-order valence-electron chi connectivity index (χ4n) is 2.50. The number of alkyl carbamates (subject to hydrolysis) is 1. The second-order valence-electron chi connectivity index (χ2n) is 6.70. The number of rotatable bonds is 4. The second-order valence-corrected chi connectivity index (χ2v) is 6.70. The maximum Gasteiger partial charge on any atom is 0.408 e. The number of nitrogens with one attached hydrogen (secondary N) is 2. The molecule has 5 nitrogen and oxygen atoms in total. The number of carbonyl (C=O) groups is 1. The molecule has 110 valence electrons. The van der Waals surface area contributed by atoms with Crippen LogP contribution in [0.2, 0.25) is 0 Å². The fourth-order valence-corrected chi connectivity index (χ4v) is 2.50. The first-order valence-electron chi connectivity index (χ1n) is 7.21. The topological polar surface area (TPSA) is 59.6 Å². The summed E-state index contributed by atoms with van der Waals surface area (Å²) in [5.41, 5.74) is -0.563. The molecule has 1 saturated heterocycles. The Hall–Kier alpha value is -0.810. The van der Waals surface area contributed by atoms with Gasteiger partial charge in [0.25, 0.3) is 0 Å². The highest BCUT2D eigenvalue weighted by Crippen LogP contribution is 2.31. The van der Waals surface area contributed by atoms with Gasteiger partial charge in [-0.3, -0.25) is 0 Å². The van der Waals surface area contributed by atoms with Crippen LogP contribution in [-0.2, 0) is 9.47 Å². The normalized spacial score (nSPS) is 25.7. The van der Waals surface area contributed by atoms with Crippen molar-refractivity contribution in [1.82, 2.24) is 10.6 Å². The van der Waals surface area contributed by atoms with Crippen molar-refractivity contribution < 1.29 is 14.3 Å². The zero-order chi connectivity index (χ0) is 13.9. The highest BCUT2D eigenvalue weighted by molar-refractivity contribution is 5.69. The molecule has 0 aromatic carbocycles. The average Bonchev–Trinajstić information content (AvgIpc) is 2.71. The lowest BCUT2D eigenvalue weighted by molar-refractivity contribution is 0.0378. The van der Waals surface area contributed by atoms with Crippen LogP contribution in [0.15, 0.2) is 0 Å². The summed E-state index contributed by atoms with van der Waals surface area (Å²) < 4.78 is 10.7. The minimum atomic E-state index is -0.443. The molecule has 0 aromatic rings. The fraction of sp³-hybridized carbons (Fsp3) is 0.929. The lowest BCUT2D eigenvalue weighted by Gasteiger charge is -2.43. The van der Waals surface area contributed by atoms with Crippen LogP contribution in [0.25, 0.3) is 0 Å². The quantitative estimate of drug-likeness (QED) is 0.818. The zero-order valence-electron chi connectivity index (χ0n) is 12.3. The van der Waals surface area contributed by atoms with E-state index in [1.54, 1.807) is 0 Å². The Labute approximate surface area is 115 Å². The van der Waals surface area contributed by atoms with E-state index in [0.29, 0.717) is 6.04 Å². The van der Waals surface area contributed by atoms with Crippen molar-refractivity contribution >= 4 is 6.09 Å². The van der Waals surface area contributed by atoms with Crippen LogP contribution in [0.5, 0.6) is 0 Å². The van der Waals surface area contributed by atoms with Crippen molar-refractivity contribution in [3.63, 3.8) is 0 Å². The molecule has 0 bridgehead atoms. The lowest BCUT2D eigenvalue weighted by Crippen LogP contribution is -2.60. The summed E-state index contributed by atoms with van der Waals surface area (Å²) in [5.74, 6) is 0. The Kier molecular flexibility index (Phi) is 4.36. The Morgan fingerprint density at radius 2 is 2.16 bits per heavy atom. The largest absolute Gasteiger partial charge is 0.444 e. The van der Waals surface area contributed by atoms with E-state index in [2.05, 4.69) is 10.6 Å². The summed E-state index contributed by atoms with van der Waals surface area (Å²) in [6, 6.07) is 0.429. The summed E-state index contributed by atoms with van der Waals surface area (Å²) in [6.07, 6.45) is 3.96. The van der Waals surface area contributed by atoms with Crippen molar-refractivity contribution in [3.05, 3.63) is 0 Å². The number of hydrogen-bond acceptors (Lipinski definition) is 4. The van der Waals surface area contributed by atoms with Gasteiger partial charge in [0.05, 0.1) is 12.1 Å². The van der Waals surface area contributed by atoms with Crippen molar-refractivity contribution in [2.75, 3.05) is 19.8 Å². The van der Waals surface area contributed by atoms with Crippen LogP contribution in [-0.4, -0.2) is 43.0 Å². The van der Waals surface area contributed by atoms with E-state index in [9.17, 15) is 4.79 Å². The molecule has 1 heterocycles. The molecule has 5 heteroatoms. The predicted octanol–water partition coefficient (Wildman–Crippen LogP) is 1.81. The van der Waals surface area contributed by atoms with Gasteiger partial charge in [-0.25, -0.2) is 4.79 Å². The third kappa shape index (κ3) is 4.35. The van der Waals surface area contributed by atoms with Crippen LogP contribution in [0, 0.1) is 0 Å². The molecule has 1 aliphatic heterocycles. The molecule has 1 amide bonds. The molecule has 1 aliphatic carbocycles. The lowest BCUT2D eigenvalue weighted by atomic mass is 9.76. The van der Waals surface area contributed by atoms with Gasteiger partial charge in [0, 0.05) is 19.2 Å². The molecule has 0 aromatic heterocycles. The van der Waals surface area contributed by atoms with Crippen molar-refractivity contribution in [1.29, 1.82) is 0 Å². The smallest absolute Gasteiger partial charge is 0.408 e. The first kappa shape index (κ1) is 14.6. The molecule has 1 atom stereocenters. The second kappa shape index (κ2) is 5.67. The average molecular weight is 270 g/mol. The predicted molar refractivity (Wildman–Crippen MR) is 73.2 cm³/mol. The van der Waals surface area contributed by atoms with E-state index in [0.717, 1.165) is 39.0 Å². The van der Waals surface area contributed by atoms with E-state index in [4.69, 9.17) is 9.47 Å². The van der Waals surface area contributed by atoms with Gasteiger partial charge in [0.2, 0.25) is 0 Å². The molecule has 1 unspecified atom stereocenters. The van der Waals surface area contributed by atoms with Crippen LogP contribution in [0.3, 0.4) is 0 Å². The molecule has 2 N–H and O–H groups in total. The Bertz CT molecular complexity index is 315. The number of carbonyl (C=O) groups excluding carboxylic acids is 1. The summed E-state index contributed by atoms with van der Waals surface area (Å²) in [6.45, 7) is 8.07. The van der Waals surface area contributed by atoms with E-state index in [1.165, 1.54) is 6.42 Å². The SMILES string of the molecule is CC(C)(C)OC(=O)NC1(CNC2CCOC2)CCC1. The highest BCUT2D eigenvalue weighted by Gasteiger charge is 2.39. The van der Waals surface area contributed by atoms with Gasteiger partial charge >= 0.3 is 6.09 Å². The van der Waals surface area contributed by atoms with E-state index in [1.807, 2.05) is 20.8 Å². The first-order chi connectivity index (χ1) is 8.89. The maximum absolute atomic E-state index is 11.9. The van der Waals surface area contributed by atoms with Crippen molar-refractivity contribution in [3.8, 4) is 0 Å². The Morgan fingerprint density at radius 1 is 1.42 bits per heavy atom. The molecular formula is C14H26N2O3. The monoisotopic (exact) mass is 270 g/mol. The maximum atomic E-state index is 11.9. The van der Waals surface area contributed by atoms with Crippen molar-refractivity contribution in [2.45, 2.75) is 63.6 Å². The van der Waals surface area contributed by atoms with E-state index in [-0.39, 0.29) is 11.6 Å². The van der Waals surface area contributed by atoms with Crippen LogP contribution < -0.4 is 10.6 Å². The third-order valence-corrected chi connectivity index (χ3v) is 3.74. The van der Waals surface area contributed by atoms with E-state index >= 15 is 0 Å². The minimum absolute atomic E-state index is 0.120. The van der Waals surface area contributed by atoms with Gasteiger partial charge in [0.15, 0.2) is 0 Å². The van der Waals surface area contributed by atoms with Gasteiger partial charge in [-0.05, 0) is 46.5 Å². The van der Waals surface area contributed by atoms with Crippen LogP contribution in [0.1, 0.15) is 46.5 Å². The van der Waals surface area contributed by atoms with Crippen LogP contribution >= 0.6 is 0 Å². The van der Waals surface area contributed by atoms with Crippen molar-refractivity contribution in [2.24, 2.45) is 0 Å². The van der Waals surface area contributed by atoms with Gasteiger partial charge in [-0.15, -0.1) is 0 Å². The zero-order valence-corrected chi connectivity index (χ0v) is 12.3. The van der Waals surface area contributed by atoms with Gasteiger partial charge in [-0.1, -0.05) is 0 Å². The minimum Gasteiger partial charge on any atom is -0.444 e. The Balaban J connectivity index is 1.79.